The van der Waals surface area contributed by atoms with Gasteiger partial charge in [-0.15, -0.1) is 0 Å². The van der Waals surface area contributed by atoms with Crippen molar-refractivity contribution in [1.82, 2.24) is 10.2 Å². The molecular weight excluding hydrogens is 288 g/mol. The first-order valence-corrected chi connectivity index (χ1v) is 8.35. The van der Waals surface area contributed by atoms with Crippen molar-refractivity contribution in [3.05, 3.63) is 58.5 Å². The van der Waals surface area contributed by atoms with Gasteiger partial charge in [0.2, 0.25) is 0 Å². The lowest BCUT2D eigenvalue weighted by molar-refractivity contribution is 0.104. The van der Waals surface area contributed by atoms with E-state index in [-0.39, 0.29) is 6.10 Å². The van der Waals surface area contributed by atoms with Crippen LogP contribution in [0.1, 0.15) is 28.2 Å². The van der Waals surface area contributed by atoms with Crippen LogP contribution >= 0.6 is 0 Å². The second-order valence-electron chi connectivity index (χ2n) is 6.48. The molecule has 2 N–H and O–H groups in total. The van der Waals surface area contributed by atoms with Crippen molar-refractivity contribution in [2.75, 3.05) is 19.6 Å². The highest BCUT2D eigenvalue weighted by Crippen LogP contribution is 2.18. The van der Waals surface area contributed by atoms with Gasteiger partial charge in [-0.05, 0) is 37.5 Å². The van der Waals surface area contributed by atoms with Crippen molar-refractivity contribution >= 4 is 0 Å². The van der Waals surface area contributed by atoms with Crippen molar-refractivity contribution in [1.29, 1.82) is 0 Å². The summed E-state index contributed by atoms with van der Waals surface area (Å²) in [6.07, 6.45) is 0.720. The Labute approximate surface area is 138 Å². The van der Waals surface area contributed by atoms with E-state index in [1.807, 2.05) is 13.8 Å². The van der Waals surface area contributed by atoms with E-state index >= 15 is 0 Å². The Kier molecular flexibility index (Phi) is 5.16. The van der Waals surface area contributed by atoms with Crippen molar-refractivity contribution in [3.63, 3.8) is 0 Å². The summed E-state index contributed by atoms with van der Waals surface area (Å²) >= 11 is 0. The Balaban J connectivity index is 1.43. The molecule has 2 aromatic rings. The van der Waals surface area contributed by atoms with Gasteiger partial charge in [0.05, 0.1) is 6.10 Å². The first-order chi connectivity index (χ1) is 11.1. The molecule has 1 aromatic heterocycles. The molecule has 1 aliphatic heterocycles. The minimum atomic E-state index is -0.353. The standard InChI is InChI=1S/C19H26N2O2/c1-14-9-18(15(2)23-14)10-20-11-19(22)13-21-8-7-16-5-3-4-6-17(16)12-21/h3-6,9,19-20,22H,7-8,10-13H2,1-2H3. The average molecular weight is 314 g/mol. The van der Waals surface area contributed by atoms with Gasteiger partial charge in [-0.1, -0.05) is 24.3 Å². The highest BCUT2D eigenvalue weighted by molar-refractivity contribution is 5.29. The fourth-order valence-corrected chi connectivity index (χ4v) is 3.31. The lowest BCUT2D eigenvalue weighted by Crippen LogP contribution is -2.40. The second-order valence-corrected chi connectivity index (χ2v) is 6.48. The van der Waals surface area contributed by atoms with Crippen LogP contribution in [-0.4, -0.2) is 35.7 Å². The highest BCUT2D eigenvalue weighted by Gasteiger charge is 2.18. The van der Waals surface area contributed by atoms with Crippen LogP contribution in [0.5, 0.6) is 0 Å². The van der Waals surface area contributed by atoms with Gasteiger partial charge in [0.25, 0.3) is 0 Å². The third-order valence-electron chi connectivity index (χ3n) is 4.52. The number of aliphatic hydroxyl groups excluding tert-OH is 1. The Hall–Kier alpha value is -1.62. The van der Waals surface area contributed by atoms with Crippen LogP contribution in [-0.2, 0) is 19.5 Å². The molecule has 3 rings (SSSR count). The maximum atomic E-state index is 10.3. The molecule has 4 nitrogen and oxygen atoms in total. The predicted molar refractivity (Wildman–Crippen MR) is 91.3 cm³/mol. The molecule has 1 atom stereocenters. The zero-order valence-electron chi connectivity index (χ0n) is 14.0. The van der Waals surface area contributed by atoms with Crippen LogP contribution in [0.25, 0.3) is 0 Å². The number of hydrogen-bond acceptors (Lipinski definition) is 4. The number of aryl methyl sites for hydroxylation is 2. The Morgan fingerprint density at radius 1 is 1.26 bits per heavy atom. The third-order valence-corrected chi connectivity index (χ3v) is 4.52. The molecular formula is C19H26N2O2. The molecule has 0 bridgehead atoms. The molecule has 1 aliphatic rings. The summed E-state index contributed by atoms with van der Waals surface area (Å²) < 4.78 is 5.52. The fraction of sp³-hybridized carbons (Fsp3) is 0.474. The van der Waals surface area contributed by atoms with Gasteiger partial charge in [0.1, 0.15) is 11.5 Å². The number of β-amino-alcohol motifs (C(OH)–C–C–N with tert-alkyl or cyclic N) is 1. The van der Waals surface area contributed by atoms with Gasteiger partial charge >= 0.3 is 0 Å². The molecule has 2 heterocycles. The number of fused-ring (bicyclic) bond motifs is 1. The highest BCUT2D eigenvalue weighted by atomic mass is 16.3. The number of nitrogens with one attached hydrogen (secondary N) is 1. The van der Waals surface area contributed by atoms with Crippen LogP contribution in [0.15, 0.2) is 34.7 Å². The molecule has 4 heteroatoms. The van der Waals surface area contributed by atoms with E-state index in [0.717, 1.165) is 37.6 Å². The van der Waals surface area contributed by atoms with E-state index in [9.17, 15) is 5.11 Å². The summed E-state index contributed by atoms with van der Waals surface area (Å²) in [6, 6.07) is 10.6. The maximum absolute atomic E-state index is 10.3. The van der Waals surface area contributed by atoms with Crippen molar-refractivity contribution < 1.29 is 9.52 Å². The molecule has 0 aliphatic carbocycles. The van der Waals surface area contributed by atoms with Crippen LogP contribution < -0.4 is 5.32 Å². The van der Waals surface area contributed by atoms with Crippen molar-refractivity contribution in [2.24, 2.45) is 0 Å². The molecule has 0 spiro atoms. The quantitative estimate of drug-likeness (QED) is 0.860. The Morgan fingerprint density at radius 3 is 2.78 bits per heavy atom. The number of hydrogen-bond donors (Lipinski definition) is 2. The largest absolute Gasteiger partial charge is 0.466 e. The zero-order chi connectivity index (χ0) is 16.2. The lowest BCUT2D eigenvalue weighted by Gasteiger charge is -2.30. The van der Waals surface area contributed by atoms with E-state index in [1.165, 1.54) is 16.7 Å². The molecule has 0 fully saturated rings. The summed E-state index contributed by atoms with van der Waals surface area (Å²) in [6.45, 7) is 7.95. The van der Waals surface area contributed by atoms with Gasteiger partial charge < -0.3 is 14.8 Å². The van der Waals surface area contributed by atoms with Gasteiger partial charge in [0.15, 0.2) is 0 Å². The van der Waals surface area contributed by atoms with Gasteiger partial charge in [-0.25, -0.2) is 0 Å². The van der Waals surface area contributed by atoms with E-state index in [0.29, 0.717) is 13.1 Å². The van der Waals surface area contributed by atoms with E-state index in [2.05, 4.69) is 40.5 Å². The Morgan fingerprint density at radius 2 is 2.04 bits per heavy atom. The van der Waals surface area contributed by atoms with E-state index < -0.39 is 0 Å². The van der Waals surface area contributed by atoms with Gasteiger partial charge in [-0.2, -0.15) is 0 Å². The van der Waals surface area contributed by atoms with E-state index in [4.69, 9.17) is 4.42 Å². The van der Waals surface area contributed by atoms with Crippen molar-refractivity contribution in [2.45, 2.75) is 39.5 Å². The summed E-state index contributed by atoms with van der Waals surface area (Å²) in [5, 5.41) is 13.6. The molecule has 0 saturated heterocycles. The first-order valence-electron chi connectivity index (χ1n) is 8.35. The summed E-state index contributed by atoms with van der Waals surface area (Å²) in [5.74, 6) is 1.89. The second kappa shape index (κ2) is 7.30. The summed E-state index contributed by atoms with van der Waals surface area (Å²) in [5.41, 5.74) is 4.01. The van der Waals surface area contributed by atoms with Gasteiger partial charge in [0, 0.05) is 38.3 Å². The molecule has 124 valence electrons. The Bertz CT molecular complexity index is 651. The third kappa shape index (κ3) is 4.22. The molecule has 1 aromatic carbocycles. The molecule has 0 amide bonds. The first kappa shape index (κ1) is 16.2. The van der Waals surface area contributed by atoms with Crippen molar-refractivity contribution in [3.8, 4) is 0 Å². The molecule has 0 radical (unpaired) electrons. The summed E-state index contributed by atoms with van der Waals surface area (Å²) in [7, 11) is 0. The lowest BCUT2D eigenvalue weighted by atomic mass is 10.00. The van der Waals surface area contributed by atoms with Crippen LogP contribution in [0.3, 0.4) is 0 Å². The molecule has 0 saturated carbocycles. The molecule has 1 unspecified atom stereocenters. The zero-order valence-corrected chi connectivity index (χ0v) is 14.0. The maximum Gasteiger partial charge on any atom is 0.105 e. The number of aliphatic hydroxyl groups is 1. The summed E-state index contributed by atoms with van der Waals surface area (Å²) in [4.78, 5) is 2.34. The van der Waals surface area contributed by atoms with Crippen LogP contribution in [0, 0.1) is 13.8 Å². The topological polar surface area (TPSA) is 48.6 Å². The normalized spacial score (nSPS) is 16.3. The SMILES string of the molecule is Cc1cc(CNCC(O)CN2CCc3ccccc3C2)c(C)o1. The monoisotopic (exact) mass is 314 g/mol. The fourth-order valence-electron chi connectivity index (χ4n) is 3.31. The predicted octanol–water partition coefficient (Wildman–Crippen LogP) is 2.41. The van der Waals surface area contributed by atoms with Gasteiger partial charge in [-0.3, -0.25) is 4.90 Å². The smallest absolute Gasteiger partial charge is 0.105 e. The number of rotatable bonds is 6. The molecule has 23 heavy (non-hydrogen) atoms. The van der Waals surface area contributed by atoms with Crippen LogP contribution in [0.2, 0.25) is 0 Å². The number of furan rings is 1. The minimum Gasteiger partial charge on any atom is -0.466 e. The van der Waals surface area contributed by atoms with E-state index in [1.54, 1.807) is 0 Å². The minimum absolute atomic E-state index is 0.353. The number of benzene rings is 1. The number of nitrogens with zero attached hydrogens (tertiary/aromatic N) is 1. The van der Waals surface area contributed by atoms with Crippen LogP contribution in [0.4, 0.5) is 0 Å². The average Bonchev–Trinajstić information content (AvgIpc) is 2.85.